The Kier molecular flexibility index (Phi) is 18.2. The molecule has 234 valence electrons. The van der Waals surface area contributed by atoms with Gasteiger partial charge in [0.2, 0.25) is 5.91 Å². The molecule has 1 aliphatic rings. The maximum atomic E-state index is 12.5. The molecule has 0 aromatic heterocycles. The zero-order valence-corrected chi connectivity index (χ0v) is 26.5. The monoisotopic (exact) mass is 623 g/mol. The third kappa shape index (κ3) is 14.7. The summed E-state index contributed by atoms with van der Waals surface area (Å²) in [6, 6.07) is 7.69. The number of aliphatic hydroxyl groups excluding tert-OH is 1. The van der Waals surface area contributed by atoms with E-state index in [1.54, 1.807) is 21.6 Å². The fourth-order valence-corrected chi connectivity index (χ4v) is 5.96. The number of rotatable bonds is 20. The Morgan fingerprint density at radius 1 is 1.07 bits per heavy atom. The van der Waals surface area contributed by atoms with Crippen molar-refractivity contribution < 1.29 is 33.7 Å². The van der Waals surface area contributed by atoms with E-state index in [9.17, 15) is 19.5 Å². The molecule has 1 heterocycles. The minimum atomic E-state index is -0.748. The Balaban J connectivity index is 1.52. The number of unbranched alkanes of at least 4 members (excludes halogenated alkanes) is 1. The normalized spacial score (nSPS) is 14.9. The van der Waals surface area contributed by atoms with Crippen LogP contribution >= 0.6 is 21.6 Å². The average Bonchev–Trinajstić information content (AvgIpc) is 3.02. The number of hydrogen-bond donors (Lipinski definition) is 3. The lowest BCUT2D eigenvalue weighted by Crippen LogP contribution is -2.30. The molecule has 2 amide bonds. The summed E-state index contributed by atoms with van der Waals surface area (Å²) in [6.45, 7) is 5.67. The van der Waals surface area contributed by atoms with Gasteiger partial charge in [0.05, 0.1) is 12.7 Å². The van der Waals surface area contributed by atoms with E-state index >= 15 is 0 Å². The molecular weight excluding hydrogens is 578 g/mol. The third-order valence-corrected chi connectivity index (χ3v) is 9.15. The predicted octanol–water partition coefficient (Wildman–Crippen LogP) is 4.59. The highest BCUT2D eigenvalue weighted by Crippen LogP contribution is 2.39. The molecule has 3 N–H and O–H groups in total. The number of hydrogen-bond acceptors (Lipinski definition) is 10. The molecular formula is C30H45N3O7S2. The molecule has 3 atom stereocenters. The number of esters is 1. The third-order valence-electron chi connectivity index (χ3n) is 6.39. The van der Waals surface area contributed by atoms with Crippen LogP contribution in [-0.4, -0.2) is 80.3 Å². The van der Waals surface area contributed by atoms with Crippen molar-refractivity contribution in [3.63, 3.8) is 0 Å². The molecule has 1 aliphatic heterocycles. The molecule has 0 spiro atoms. The average molecular weight is 624 g/mol. The topological polar surface area (TPSA) is 136 Å². The van der Waals surface area contributed by atoms with Crippen molar-refractivity contribution in [2.45, 2.75) is 76.4 Å². The molecule has 42 heavy (non-hydrogen) atoms. The second-order valence-corrected chi connectivity index (χ2v) is 12.3. The lowest BCUT2D eigenvalue weighted by Gasteiger charge is -2.21. The molecule has 1 aromatic rings. The summed E-state index contributed by atoms with van der Waals surface area (Å²) in [5.41, 5.74) is 1.78. The van der Waals surface area contributed by atoms with Gasteiger partial charge in [-0.1, -0.05) is 35.9 Å². The maximum absolute atomic E-state index is 12.5. The van der Waals surface area contributed by atoms with Crippen molar-refractivity contribution in [3.05, 3.63) is 47.5 Å². The van der Waals surface area contributed by atoms with Gasteiger partial charge in [-0.3, -0.25) is 19.4 Å². The van der Waals surface area contributed by atoms with E-state index < -0.39 is 12.3 Å². The second-order valence-electron chi connectivity index (χ2n) is 9.72. The summed E-state index contributed by atoms with van der Waals surface area (Å²) in [5.74, 6) is -0.686. The van der Waals surface area contributed by atoms with Gasteiger partial charge in [0.25, 0.3) is 5.91 Å². The highest BCUT2D eigenvalue weighted by atomic mass is 33.1. The number of benzene rings is 1. The molecule has 0 radical (unpaired) electrons. The number of methoxy groups -OCH3 is 1. The van der Waals surface area contributed by atoms with Crippen molar-refractivity contribution in [3.8, 4) is 0 Å². The van der Waals surface area contributed by atoms with E-state index in [2.05, 4.69) is 34.7 Å². The zero-order valence-electron chi connectivity index (χ0n) is 24.8. The van der Waals surface area contributed by atoms with Gasteiger partial charge in [0.15, 0.2) is 6.29 Å². The number of nitrogens with one attached hydrogen (secondary N) is 2. The van der Waals surface area contributed by atoms with Crippen molar-refractivity contribution >= 4 is 44.4 Å². The van der Waals surface area contributed by atoms with Crippen LogP contribution in [0.1, 0.15) is 80.0 Å². The lowest BCUT2D eigenvalue weighted by atomic mass is 10.1. The van der Waals surface area contributed by atoms with Crippen molar-refractivity contribution in [2.75, 3.05) is 40.0 Å². The van der Waals surface area contributed by atoms with Gasteiger partial charge in [-0.2, -0.15) is 0 Å². The maximum Gasteiger partial charge on any atom is 0.305 e. The standard InChI is InChI=1S/C30H45N3O7S2/c1-4-25(20-34)40-29(38-3)21-39-28(36)12-9-10-26(35)31-17-7-8-19-33-30(37)24-15-13-23(14-16-24)22(2)41-42-27-11-5-6-18-32-27/h5,11,13-16,22,25,29,34H,4,6-10,12,17-21H2,1-3H3,(H,31,35)(H,33,37). The molecule has 0 saturated heterocycles. The number of ether oxygens (including phenoxy) is 3. The lowest BCUT2D eigenvalue weighted by molar-refractivity contribution is -0.194. The van der Waals surface area contributed by atoms with Crippen LogP contribution in [0.15, 0.2) is 41.4 Å². The van der Waals surface area contributed by atoms with Gasteiger partial charge < -0.3 is 30.0 Å². The Bertz CT molecular complexity index is 1020. The van der Waals surface area contributed by atoms with Crippen LogP contribution in [0.3, 0.4) is 0 Å². The summed E-state index contributed by atoms with van der Waals surface area (Å²) in [6.07, 6.45) is 6.86. The van der Waals surface area contributed by atoms with Gasteiger partial charge >= 0.3 is 5.97 Å². The fourth-order valence-electron chi connectivity index (χ4n) is 3.77. The van der Waals surface area contributed by atoms with Crippen LogP contribution in [0.4, 0.5) is 0 Å². The summed E-state index contributed by atoms with van der Waals surface area (Å²) in [7, 11) is 4.87. The minimum absolute atomic E-state index is 0.0769. The van der Waals surface area contributed by atoms with Gasteiger partial charge in [0.1, 0.15) is 11.7 Å². The Morgan fingerprint density at radius 2 is 1.81 bits per heavy atom. The van der Waals surface area contributed by atoms with E-state index in [-0.39, 0.29) is 49.2 Å². The Morgan fingerprint density at radius 3 is 2.45 bits per heavy atom. The van der Waals surface area contributed by atoms with Gasteiger partial charge in [-0.05, 0) is 73.6 Å². The molecule has 3 unspecified atom stereocenters. The number of dihydropyridines is 1. The summed E-state index contributed by atoms with van der Waals surface area (Å²) < 4.78 is 15.8. The first-order chi connectivity index (χ1) is 20.4. The number of carbonyl (C=O) groups is 3. The fraction of sp³-hybridized carbons (Fsp3) is 0.600. The second kappa shape index (κ2) is 21.3. The number of aliphatic hydroxyl groups is 1. The van der Waals surface area contributed by atoms with Crippen LogP contribution in [0.5, 0.6) is 0 Å². The Hall–Kier alpha value is -2.38. The number of amides is 2. The molecule has 0 bridgehead atoms. The molecule has 12 heteroatoms. The van der Waals surface area contributed by atoms with Crippen molar-refractivity contribution in [1.29, 1.82) is 0 Å². The van der Waals surface area contributed by atoms with Gasteiger partial charge in [-0.15, -0.1) is 0 Å². The first-order valence-corrected chi connectivity index (χ1v) is 16.7. The van der Waals surface area contributed by atoms with Crippen LogP contribution in [0, 0.1) is 0 Å². The smallest absolute Gasteiger partial charge is 0.305 e. The molecule has 0 saturated carbocycles. The van der Waals surface area contributed by atoms with E-state index in [4.69, 9.17) is 14.2 Å². The molecule has 2 rings (SSSR count). The molecule has 0 fully saturated rings. The number of carbonyl (C=O) groups excluding carboxylic acids is 3. The number of nitrogens with zero attached hydrogens (tertiary/aromatic N) is 1. The van der Waals surface area contributed by atoms with Crippen LogP contribution in [0.2, 0.25) is 0 Å². The van der Waals surface area contributed by atoms with Gasteiger partial charge in [0, 0.05) is 50.4 Å². The van der Waals surface area contributed by atoms with Crippen LogP contribution in [-0.2, 0) is 23.8 Å². The first kappa shape index (κ1) is 35.8. The van der Waals surface area contributed by atoms with Crippen LogP contribution < -0.4 is 10.6 Å². The SMILES string of the molecule is CCC(CO)OC(COC(=O)CCCC(=O)NCCCCNC(=O)c1ccc(C(C)SSC2=NCCC=C2)cc1)OC. The molecule has 1 aromatic carbocycles. The summed E-state index contributed by atoms with van der Waals surface area (Å²) in [5, 5.41) is 16.3. The first-order valence-electron chi connectivity index (χ1n) is 14.5. The quantitative estimate of drug-likeness (QED) is 0.0825. The van der Waals surface area contributed by atoms with Gasteiger partial charge in [-0.25, -0.2) is 0 Å². The predicted molar refractivity (Wildman–Crippen MR) is 169 cm³/mol. The Labute approximate surface area is 257 Å². The van der Waals surface area contributed by atoms with Crippen molar-refractivity contribution in [2.24, 2.45) is 4.99 Å². The summed E-state index contributed by atoms with van der Waals surface area (Å²) >= 11 is 0. The zero-order chi connectivity index (χ0) is 30.6. The van der Waals surface area contributed by atoms with E-state index in [1.165, 1.54) is 7.11 Å². The highest BCUT2D eigenvalue weighted by molar-refractivity contribution is 8.82. The molecule has 0 aliphatic carbocycles. The van der Waals surface area contributed by atoms with E-state index in [0.29, 0.717) is 31.5 Å². The van der Waals surface area contributed by atoms with Crippen LogP contribution in [0.25, 0.3) is 0 Å². The largest absolute Gasteiger partial charge is 0.460 e. The van der Waals surface area contributed by atoms with Crippen molar-refractivity contribution in [1.82, 2.24) is 10.6 Å². The number of aliphatic imine (C=N–C) groups is 1. The van der Waals surface area contributed by atoms with E-state index in [1.807, 2.05) is 31.2 Å². The highest BCUT2D eigenvalue weighted by Gasteiger charge is 2.17. The molecule has 10 nitrogen and oxygen atoms in total. The minimum Gasteiger partial charge on any atom is -0.460 e. The summed E-state index contributed by atoms with van der Waals surface area (Å²) in [4.78, 5) is 40.9. The van der Waals surface area contributed by atoms with E-state index in [0.717, 1.165) is 36.4 Å².